The standard InChI is InChI=1S/C25H23F2N9O4/c1-13-7-16(33-40-13)11-35-23(38)20-21(34(4)24(35)39)30-12-36(20)14(2)22(37)32-19-10-28-9-17(31-19)15-5-6-18(29-8-15)25(3,26)27/h5-10,12,14H,11H2,1-4H3,(H,31,32,37)/t14-/m0/s1. The molecule has 0 saturated heterocycles. The Kier molecular flexibility index (Phi) is 6.57. The highest BCUT2D eigenvalue weighted by Crippen LogP contribution is 2.26. The third-order valence-corrected chi connectivity index (χ3v) is 6.25. The van der Waals surface area contributed by atoms with Crippen molar-refractivity contribution < 1.29 is 18.1 Å². The normalized spacial score (nSPS) is 12.6. The van der Waals surface area contributed by atoms with Crippen molar-refractivity contribution in [3.05, 3.63) is 81.1 Å². The second-order valence-electron chi connectivity index (χ2n) is 9.26. The molecule has 5 rings (SSSR count). The molecule has 0 aromatic carbocycles. The molecule has 1 amide bonds. The molecule has 0 aliphatic heterocycles. The molecular weight excluding hydrogens is 528 g/mol. The van der Waals surface area contributed by atoms with Crippen LogP contribution in [0, 0.1) is 6.92 Å². The lowest BCUT2D eigenvalue weighted by atomic mass is 10.1. The molecule has 1 N–H and O–H groups in total. The first kappa shape index (κ1) is 26.5. The monoisotopic (exact) mass is 551 g/mol. The molecule has 0 fully saturated rings. The van der Waals surface area contributed by atoms with Crippen LogP contribution in [0.15, 0.2) is 57.2 Å². The van der Waals surface area contributed by atoms with Crippen molar-refractivity contribution in [2.24, 2.45) is 7.05 Å². The Morgan fingerprint density at radius 3 is 2.60 bits per heavy atom. The molecule has 5 aromatic rings. The molecule has 40 heavy (non-hydrogen) atoms. The average Bonchev–Trinajstić information content (AvgIpc) is 3.55. The minimum atomic E-state index is -3.08. The first-order valence-electron chi connectivity index (χ1n) is 12.0. The number of imidazole rings is 1. The van der Waals surface area contributed by atoms with Gasteiger partial charge in [-0.2, -0.15) is 8.78 Å². The molecule has 0 unspecified atom stereocenters. The van der Waals surface area contributed by atoms with E-state index in [2.05, 4.69) is 30.4 Å². The number of carbonyl (C=O) groups is 1. The number of aromatic nitrogens is 8. The lowest BCUT2D eigenvalue weighted by Gasteiger charge is -2.15. The van der Waals surface area contributed by atoms with E-state index in [9.17, 15) is 23.2 Å². The summed E-state index contributed by atoms with van der Waals surface area (Å²) in [6, 6.07) is 3.29. The van der Waals surface area contributed by atoms with Crippen LogP contribution in [0.1, 0.15) is 37.0 Å². The van der Waals surface area contributed by atoms with Gasteiger partial charge in [0.25, 0.3) is 11.5 Å². The molecule has 0 aliphatic rings. The van der Waals surface area contributed by atoms with Crippen molar-refractivity contribution in [1.29, 1.82) is 0 Å². The summed E-state index contributed by atoms with van der Waals surface area (Å²) in [6.45, 7) is 3.87. The zero-order chi connectivity index (χ0) is 28.8. The van der Waals surface area contributed by atoms with Gasteiger partial charge in [-0.1, -0.05) is 5.16 Å². The van der Waals surface area contributed by atoms with Gasteiger partial charge in [-0.15, -0.1) is 0 Å². The molecule has 5 heterocycles. The summed E-state index contributed by atoms with van der Waals surface area (Å²) in [6.07, 6.45) is 5.28. The molecule has 0 bridgehead atoms. The van der Waals surface area contributed by atoms with Crippen molar-refractivity contribution in [1.82, 2.24) is 38.8 Å². The predicted molar refractivity (Wildman–Crippen MR) is 138 cm³/mol. The van der Waals surface area contributed by atoms with Crippen molar-refractivity contribution in [2.45, 2.75) is 39.3 Å². The van der Waals surface area contributed by atoms with E-state index in [1.165, 1.54) is 53.2 Å². The SMILES string of the molecule is Cc1cc(Cn2c(=O)c3c(ncn3[C@@H](C)C(=O)Nc3cncc(-c4ccc(C(C)(F)F)nc4)n3)n(C)c2=O)no1. The van der Waals surface area contributed by atoms with Crippen LogP contribution < -0.4 is 16.6 Å². The zero-order valence-corrected chi connectivity index (χ0v) is 21.8. The Morgan fingerprint density at radius 1 is 1.18 bits per heavy atom. The fourth-order valence-corrected chi connectivity index (χ4v) is 4.10. The van der Waals surface area contributed by atoms with E-state index in [4.69, 9.17) is 4.52 Å². The number of hydrogen-bond acceptors (Lipinski definition) is 9. The predicted octanol–water partition coefficient (Wildman–Crippen LogP) is 2.40. The second kappa shape index (κ2) is 9.91. The van der Waals surface area contributed by atoms with E-state index in [-0.39, 0.29) is 29.2 Å². The highest BCUT2D eigenvalue weighted by molar-refractivity contribution is 5.93. The fraction of sp³-hybridized carbons (Fsp3) is 0.280. The number of nitrogens with one attached hydrogen (secondary N) is 1. The van der Waals surface area contributed by atoms with E-state index in [1.54, 1.807) is 19.9 Å². The maximum Gasteiger partial charge on any atom is 0.332 e. The number of alkyl halides is 2. The molecule has 0 aliphatic carbocycles. The summed E-state index contributed by atoms with van der Waals surface area (Å²) in [4.78, 5) is 55.8. The average molecular weight is 552 g/mol. The minimum Gasteiger partial charge on any atom is -0.361 e. The Balaban J connectivity index is 1.43. The summed E-state index contributed by atoms with van der Waals surface area (Å²) in [5.74, 6) is -3.01. The van der Waals surface area contributed by atoms with E-state index >= 15 is 0 Å². The lowest BCUT2D eigenvalue weighted by molar-refractivity contribution is -0.118. The maximum absolute atomic E-state index is 13.5. The van der Waals surface area contributed by atoms with Gasteiger partial charge in [-0.25, -0.2) is 14.8 Å². The van der Waals surface area contributed by atoms with Crippen LogP contribution >= 0.6 is 0 Å². The minimum absolute atomic E-state index is 0.0451. The second-order valence-corrected chi connectivity index (χ2v) is 9.26. The molecule has 0 radical (unpaired) electrons. The molecule has 5 aromatic heterocycles. The third-order valence-electron chi connectivity index (χ3n) is 6.25. The van der Waals surface area contributed by atoms with E-state index < -0.39 is 29.1 Å². The van der Waals surface area contributed by atoms with Crippen LogP contribution in [0.4, 0.5) is 14.6 Å². The first-order chi connectivity index (χ1) is 18.9. The molecule has 15 heteroatoms. The number of fused-ring (bicyclic) bond motifs is 1. The highest BCUT2D eigenvalue weighted by atomic mass is 19.3. The highest BCUT2D eigenvalue weighted by Gasteiger charge is 2.26. The van der Waals surface area contributed by atoms with Gasteiger partial charge >= 0.3 is 5.69 Å². The molecule has 13 nitrogen and oxygen atoms in total. The van der Waals surface area contributed by atoms with Crippen molar-refractivity contribution >= 4 is 22.9 Å². The van der Waals surface area contributed by atoms with E-state index in [0.29, 0.717) is 22.7 Å². The van der Waals surface area contributed by atoms with Gasteiger partial charge < -0.3 is 14.4 Å². The summed E-state index contributed by atoms with van der Waals surface area (Å²) in [5, 5.41) is 6.49. The number of rotatable bonds is 7. The lowest BCUT2D eigenvalue weighted by Crippen LogP contribution is -2.40. The van der Waals surface area contributed by atoms with Crippen LogP contribution in [0.5, 0.6) is 0 Å². The van der Waals surface area contributed by atoms with Crippen LogP contribution in [-0.4, -0.2) is 44.7 Å². The van der Waals surface area contributed by atoms with Gasteiger partial charge in [0.1, 0.15) is 23.2 Å². The molecule has 206 valence electrons. The van der Waals surface area contributed by atoms with Crippen molar-refractivity contribution in [2.75, 3.05) is 5.32 Å². The summed E-state index contributed by atoms with van der Waals surface area (Å²) < 4.78 is 35.6. The number of pyridine rings is 1. The van der Waals surface area contributed by atoms with Gasteiger partial charge in [0.05, 0.1) is 31.0 Å². The number of carbonyl (C=O) groups excluding carboxylic acids is 1. The van der Waals surface area contributed by atoms with Crippen LogP contribution in [0.25, 0.3) is 22.4 Å². The Hall–Kier alpha value is -5.08. The summed E-state index contributed by atoms with van der Waals surface area (Å²) >= 11 is 0. The van der Waals surface area contributed by atoms with Gasteiger partial charge in [0, 0.05) is 31.8 Å². The number of anilines is 1. The molecular formula is C25H23F2N9O4. The molecule has 0 spiro atoms. The van der Waals surface area contributed by atoms with Crippen LogP contribution in [0.2, 0.25) is 0 Å². The largest absolute Gasteiger partial charge is 0.361 e. The number of aryl methyl sites for hydroxylation is 2. The van der Waals surface area contributed by atoms with Gasteiger partial charge in [-0.3, -0.25) is 28.7 Å². The Labute approximate surface area is 224 Å². The smallest absolute Gasteiger partial charge is 0.332 e. The number of halogens is 2. The van der Waals surface area contributed by atoms with Gasteiger partial charge in [-0.05, 0) is 26.0 Å². The Bertz CT molecular complexity index is 1850. The summed E-state index contributed by atoms with van der Waals surface area (Å²) in [5.41, 5.74) is -0.361. The van der Waals surface area contributed by atoms with Crippen molar-refractivity contribution in [3.8, 4) is 11.3 Å². The van der Waals surface area contributed by atoms with Crippen molar-refractivity contribution in [3.63, 3.8) is 0 Å². The quantitative estimate of drug-likeness (QED) is 0.321. The van der Waals surface area contributed by atoms with Crippen LogP contribution in [-0.2, 0) is 24.3 Å². The van der Waals surface area contributed by atoms with E-state index in [1.807, 2.05) is 0 Å². The Morgan fingerprint density at radius 2 is 1.95 bits per heavy atom. The zero-order valence-electron chi connectivity index (χ0n) is 21.8. The third kappa shape index (κ3) is 4.88. The van der Waals surface area contributed by atoms with Gasteiger partial charge in [0.15, 0.2) is 17.0 Å². The van der Waals surface area contributed by atoms with Crippen LogP contribution in [0.3, 0.4) is 0 Å². The number of hydrogen-bond donors (Lipinski definition) is 1. The fourth-order valence-electron chi connectivity index (χ4n) is 4.10. The van der Waals surface area contributed by atoms with E-state index in [0.717, 1.165) is 11.5 Å². The van der Waals surface area contributed by atoms with Gasteiger partial charge in [0.2, 0.25) is 5.91 Å². The number of nitrogens with zero attached hydrogens (tertiary/aromatic N) is 8. The topological polar surface area (TPSA) is 156 Å². The first-order valence-corrected chi connectivity index (χ1v) is 12.0. The summed E-state index contributed by atoms with van der Waals surface area (Å²) in [7, 11) is 1.47. The number of amides is 1. The maximum atomic E-state index is 13.5. The molecule has 0 saturated carbocycles. The molecule has 1 atom stereocenters.